The quantitative estimate of drug-likeness (QED) is 0.614. The first kappa shape index (κ1) is 16.7. The third-order valence-corrected chi connectivity index (χ3v) is 3.69. The first-order chi connectivity index (χ1) is 10.3. The fourth-order valence-corrected chi connectivity index (χ4v) is 2.17. The molecular formula is C16H17IN2O3. The van der Waals surface area contributed by atoms with Gasteiger partial charge in [-0.2, -0.15) is 0 Å². The summed E-state index contributed by atoms with van der Waals surface area (Å²) in [4.78, 5) is 23.2. The van der Waals surface area contributed by atoms with Crippen LogP contribution in [-0.4, -0.2) is 14.9 Å². The lowest BCUT2D eigenvalue weighted by atomic mass is 9.93. The van der Waals surface area contributed by atoms with Crippen molar-refractivity contribution < 1.29 is 14.1 Å². The van der Waals surface area contributed by atoms with E-state index in [0.717, 1.165) is 5.56 Å². The lowest BCUT2D eigenvalue weighted by Gasteiger charge is -2.12. The van der Waals surface area contributed by atoms with E-state index < -0.39 is 0 Å². The van der Waals surface area contributed by atoms with Gasteiger partial charge in [-0.05, 0) is 5.56 Å². The van der Waals surface area contributed by atoms with Crippen LogP contribution in [0.3, 0.4) is 0 Å². The van der Waals surface area contributed by atoms with Crippen LogP contribution in [0.5, 0.6) is 0 Å². The molecule has 0 spiro atoms. The van der Waals surface area contributed by atoms with Gasteiger partial charge in [0, 0.05) is 39.6 Å². The monoisotopic (exact) mass is 412 g/mol. The molecule has 0 fully saturated rings. The summed E-state index contributed by atoms with van der Waals surface area (Å²) in [6.45, 7) is 6.03. The molecule has 5 nitrogen and oxygen atoms in total. The van der Waals surface area contributed by atoms with Crippen molar-refractivity contribution in [2.45, 2.75) is 32.6 Å². The highest BCUT2D eigenvalue weighted by Crippen LogP contribution is 2.24. The van der Waals surface area contributed by atoms with Crippen molar-refractivity contribution in [1.82, 2.24) is 5.16 Å². The Kier molecular flexibility index (Phi) is 5.00. The Morgan fingerprint density at radius 3 is 2.36 bits per heavy atom. The number of benzene rings is 1. The zero-order valence-corrected chi connectivity index (χ0v) is 14.8. The number of rotatable bonds is 4. The number of hydrogen-bond acceptors (Lipinski definition) is 4. The summed E-state index contributed by atoms with van der Waals surface area (Å²) in [5, 5.41) is 6.56. The van der Waals surface area contributed by atoms with E-state index in [2.05, 4.69) is 10.5 Å². The Morgan fingerprint density at radius 1 is 1.23 bits per heavy atom. The summed E-state index contributed by atoms with van der Waals surface area (Å²) < 4.78 is 5.20. The van der Waals surface area contributed by atoms with Crippen molar-refractivity contribution in [3.63, 3.8) is 0 Å². The van der Waals surface area contributed by atoms with E-state index in [-0.39, 0.29) is 21.5 Å². The molecule has 0 atom stereocenters. The Morgan fingerprint density at radius 2 is 1.86 bits per heavy atom. The van der Waals surface area contributed by atoms with E-state index in [0.29, 0.717) is 17.1 Å². The minimum atomic E-state index is -0.178. The number of carbonyl (C=O) groups excluding carboxylic acids is 2. The minimum Gasteiger partial charge on any atom is -0.359 e. The number of halogens is 1. The van der Waals surface area contributed by atoms with E-state index >= 15 is 0 Å². The van der Waals surface area contributed by atoms with Gasteiger partial charge in [0.1, 0.15) is 5.76 Å². The summed E-state index contributed by atoms with van der Waals surface area (Å²) in [5.41, 5.74) is 1.30. The fraction of sp³-hybridized carbons (Fsp3) is 0.312. The van der Waals surface area contributed by atoms with Gasteiger partial charge in [-0.3, -0.25) is 9.59 Å². The highest BCUT2D eigenvalue weighted by atomic mass is 127. The van der Waals surface area contributed by atoms with Crippen molar-refractivity contribution in [2.24, 2.45) is 0 Å². The first-order valence-corrected chi connectivity index (χ1v) is 7.89. The van der Waals surface area contributed by atoms with Gasteiger partial charge in [-0.15, -0.1) is 0 Å². The maximum absolute atomic E-state index is 12.0. The van der Waals surface area contributed by atoms with Crippen molar-refractivity contribution >= 4 is 38.1 Å². The molecule has 0 bridgehead atoms. The Bertz CT molecular complexity index is 684. The molecule has 0 aliphatic carbocycles. The van der Waals surface area contributed by atoms with Crippen molar-refractivity contribution in [3.8, 4) is 0 Å². The highest BCUT2D eigenvalue weighted by Gasteiger charge is 2.20. The number of aromatic nitrogens is 1. The van der Waals surface area contributed by atoms with Gasteiger partial charge in [0.05, 0.1) is 6.42 Å². The number of hydrogen-bond donors (Lipinski definition) is 1. The SMILES string of the molecule is CC(C)(C)c1cc(NC(=O)Cc2ccc(C(=O)I)cc2)no1. The molecule has 2 rings (SSSR count). The van der Waals surface area contributed by atoms with Crippen LogP contribution in [-0.2, 0) is 16.6 Å². The van der Waals surface area contributed by atoms with Gasteiger partial charge in [0.25, 0.3) is 0 Å². The molecule has 6 heteroatoms. The van der Waals surface area contributed by atoms with Gasteiger partial charge in [-0.1, -0.05) is 50.2 Å². The predicted octanol–water partition coefficient (Wildman–Crippen LogP) is 3.73. The molecule has 0 saturated heterocycles. The summed E-state index contributed by atoms with van der Waals surface area (Å²) >= 11 is 1.73. The van der Waals surface area contributed by atoms with Crippen molar-refractivity contribution in [3.05, 3.63) is 47.2 Å². The topological polar surface area (TPSA) is 72.2 Å². The van der Waals surface area contributed by atoms with Gasteiger partial charge in [-0.25, -0.2) is 0 Å². The molecule has 0 saturated carbocycles. The van der Waals surface area contributed by atoms with Crippen LogP contribution in [0.4, 0.5) is 5.82 Å². The number of carbonyl (C=O) groups is 2. The molecular weight excluding hydrogens is 395 g/mol. The third-order valence-electron chi connectivity index (χ3n) is 3.06. The van der Waals surface area contributed by atoms with Crippen LogP contribution in [0.2, 0.25) is 0 Å². The molecule has 1 amide bonds. The molecule has 0 aliphatic rings. The second-order valence-corrected chi connectivity index (χ2v) is 7.00. The Balaban J connectivity index is 1.98. The maximum atomic E-state index is 12.0. The van der Waals surface area contributed by atoms with Gasteiger partial charge < -0.3 is 9.84 Å². The largest absolute Gasteiger partial charge is 0.359 e. The summed E-state index contributed by atoms with van der Waals surface area (Å²) in [6.07, 6.45) is 0.216. The average molecular weight is 412 g/mol. The smallest absolute Gasteiger partial charge is 0.230 e. The van der Waals surface area contributed by atoms with Crippen LogP contribution < -0.4 is 5.32 Å². The lowest BCUT2D eigenvalue weighted by molar-refractivity contribution is -0.115. The molecule has 0 radical (unpaired) electrons. The van der Waals surface area contributed by atoms with Gasteiger partial charge >= 0.3 is 0 Å². The van der Waals surface area contributed by atoms with E-state index in [1.54, 1.807) is 52.9 Å². The Labute approximate surface area is 142 Å². The normalized spacial score (nSPS) is 11.3. The number of nitrogens with one attached hydrogen (secondary N) is 1. The van der Waals surface area contributed by atoms with E-state index in [4.69, 9.17) is 4.52 Å². The van der Waals surface area contributed by atoms with Crippen LogP contribution in [0.25, 0.3) is 0 Å². The number of nitrogens with zero attached hydrogens (tertiary/aromatic N) is 1. The molecule has 22 heavy (non-hydrogen) atoms. The predicted molar refractivity (Wildman–Crippen MR) is 92.3 cm³/mol. The second-order valence-electron chi connectivity index (χ2n) is 6.02. The molecule has 0 aliphatic heterocycles. The molecule has 2 aromatic rings. The number of amides is 1. The summed E-state index contributed by atoms with van der Waals surface area (Å²) in [5.74, 6) is 0.948. The zero-order valence-electron chi connectivity index (χ0n) is 12.6. The minimum absolute atomic E-state index is 0.0223. The molecule has 1 N–H and O–H groups in total. The van der Waals surface area contributed by atoms with Gasteiger partial charge in [0.15, 0.2) is 5.82 Å². The van der Waals surface area contributed by atoms with E-state index in [9.17, 15) is 9.59 Å². The second kappa shape index (κ2) is 6.60. The fourth-order valence-electron chi connectivity index (χ4n) is 1.81. The van der Waals surface area contributed by atoms with E-state index in [1.807, 2.05) is 20.8 Å². The van der Waals surface area contributed by atoms with E-state index in [1.165, 1.54) is 0 Å². The van der Waals surface area contributed by atoms with Crippen LogP contribution in [0.1, 0.15) is 42.5 Å². The molecule has 116 valence electrons. The third kappa shape index (κ3) is 4.40. The van der Waals surface area contributed by atoms with Crippen LogP contribution in [0, 0.1) is 0 Å². The van der Waals surface area contributed by atoms with Crippen molar-refractivity contribution in [2.75, 3.05) is 5.32 Å². The number of anilines is 1. The summed E-state index contributed by atoms with van der Waals surface area (Å²) in [6, 6.07) is 8.70. The Hall–Kier alpha value is -1.70. The molecule has 1 aromatic heterocycles. The maximum Gasteiger partial charge on any atom is 0.230 e. The summed E-state index contributed by atoms with van der Waals surface area (Å²) in [7, 11) is 0. The molecule has 1 heterocycles. The standard InChI is InChI=1S/C16H17IN2O3/c1-16(2,3)12-9-13(19-22-12)18-14(20)8-10-4-6-11(7-5-10)15(17)21/h4-7,9H,8H2,1-3H3,(H,18,19,20). The molecule has 1 aromatic carbocycles. The zero-order chi connectivity index (χ0) is 16.3. The highest BCUT2D eigenvalue weighted by molar-refractivity contribution is 14.1. The lowest BCUT2D eigenvalue weighted by Crippen LogP contribution is -2.14. The molecule has 0 unspecified atom stereocenters. The van der Waals surface area contributed by atoms with Crippen LogP contribution in [0.15, 0.2) is 34.9 Å². The average Bonchev–Trinajstić information content (AvgIpc) is 2.87. The van der Waals surface area contributed by atoms with Crippen LogP contribution >= 0.6 is 22.6 Å². The van der Waals surface area contributed by atoms with Gasteiger partial charge in [0.2, 0.25) is 9.70 Å². The first-order valence-electron chi connectivity index (χ1n) is 6.81. The van der Waals surface area contributed by atoms with Crippen molar-refractivity contribution in [1.29, 1.82) is 0 Å².